The smallest absolute Gasteiger partial charge is 0.142 e. The first-order chi connectivity index (χ1) is 9.65. The van der Waals surface area contributed by atoms with Crippen LogP contribution in [0.4, 0.5) is 0 Å². The molecule has 1 rings (SSSR count). The normalized spacial score (nSPS) is 11.1. The van der Waals surface area contributed by atoms with Crippen LogP contribution in [0.3, 0.4) is 0 Å². The van der Waals surface area contributed by atoms with Gasteiger partial charge in [-0.05, 0) is 31.4 Å². The van der Waals surface area contributed by atoms with Crippen molar-refractivity contribution in [2.75, 3.05) is 26.9 Å². The lowest BCUT2D eigenvalue weighted by Crippen LogP contribution is -2.19. The van der Waals surface area contributed by atoms with E-state index in [1.54, 1.807) is 7.11 Å². The van der Waals surface area contributed by atoms with Crippen molar-refractivity contribution in [2.24, 2.45) is 5.92 Å². The van der Waals surface area contributed by atoms with E-state index in [0.717, 1.165) is 43.9 Å². The van der Waals surface area contributed by atoms with E-state index >= 15 is 0 Å². The van der Waals surface area contributed by atoms with Gasteiger partial charge >= 0.3 is 0 Å². The summed E-state index contributed by atoms with van der Waals surface area (Å²) in [5.41, 5.74) is 1.12. The largest absolute Gasteiger partial charge is 0.492 e. The second kappa shape index (κ2) is 10.0. The third-order valence-electron chi connectivity index (χ3n) is 2.91. The maximum absolute atomic E-state index is 6.23. The first kappa shape index (κ1) is 17.3. The number of halogens is 1. The van der Waals surface area contributed by atoms with Crippen molar-refractivity contribution in [3.05, 3.63) is 28.8 Å². The Hall–Kier alpha value is -0.770. The summed E-state index contributed by atoms with van der Waals surface area (Å²) in [5, 5.41) is 4.10. The minimum Gasteiger partial charge on any atom is -0.492 e. The Kier molecular flexibility index (Phi) is 8.67. The highest BCUT2D eigenvalue weighted by molar-refractivity contribution is 6.32. The lowest BCUT2D eigenvalue weighted by atomic mass is 10.1. The summed E-state index contributed by atoms with van der Waals surface area (Å²) in [4.78, 5) is 0. The van der Waals surface area contributed by atoms with Crippen LogP contribution in [0.1, 0.15) is 32.3 Å². The summed E-state index contributed by atoms with van der Waals surface area (Å²) in [6.45, 7) is 7.60. The zero-order valence-electron chi connectivity index (χ0n) is 12.7. The molecule has 0 saturated heterocycles. The van der Waals surface area contributed by atoms with Gasteiger partial charge in [0.1, 0.15) is 5.75 Å². The van der Waals surface area contributed by atoms with Gasteiger partial charge in [0.25, 0.3) is 0 Å². The Bertz CT molecular complexity index is 383. The van der Waals surface area contributed by atoms with Gasteiger partial charge in [0.05, 0.1) is 11.6 Å². The topological polar surface area (TPSA) is 30.5 Å². The van der Waals surface area contributed by atoms with E-state index in [4.69, 9.17) is 21.1 Å². The molecule has 1 aromatic rings. The van der Waals surface area contributed by atoms with Crippen molar-refractivity contribution >= 4 is 11.6 Å². The minimum atomic E-state index is 0.632. The molecule has 1 N–H and O–H groups in total. The highest BCUT2D eigenvalue weighted by atomic mass is 35.5. The van der Waals surface area contributed by atoms with E-state index in [1.165, 1.54) is 0 Å². The van der Waals surface area contributed by atoms with Crippen LogP contribution < -0.4 is 10.1 Å². The van der Waals surface area contributed by atoms with Crippen LogP contribution >= 0.6 is 11.6 Å². The van der Waals surface area contributed by atoms with Crippen LogP contribution in [0.5, 0.6) is 5.75 Å². The summed E-state index contributed by atoms with van der Waals surface area (Å²) in [6, 6.07) is 5.90. The van der Waals surface area contributed by atoms with Gasteiger partial charge in [-0.2, -0.15) is 0 Å². The minimum absolute atomic E-state index is 0.632. The van der Waals surface area contributed by atoms with E-state index in [0.29, 0.717) is 17.5 Å². The first-order valence-electron chi connectivity index (χ1n) is 7.25. The second-order valence-electron chi connectivity index (χ2n) is 5.30. The SMILES string of the molecule is COCCCCOc1c(Cl)cccc1CNCC(C)C. The summed E-state index contributed by atoms with van der Waals surface area (Å²) < 4.78 is 10.9. The van der Waals surface area contributed by atoms with Gasteiger partial charge in [0, 0.05) is 25.8 Å². The summed E-state index contributed by atoms with van der Waals surface area (Å²) in [5.74, 6) is 1.44. The van der Waals surface area contributed by atoms with E-state index in [-0.39, 0.29) is 0 Å². The lowest BCUT2D eigenvalue weighted by molar-refractivity contribution is 0.184. The van der Waals surface area contributed by atoms with E-state index in [2.05, 4.69) is 25.2 Å². The van der Waals surface area contributed by atoms with E-state index in [1.807, 2.05) is 12.1 Å². The molecule has 114 valence electrons. The molecule has 0 aliphatic carbocycles. The molecule has 0 unspecified atom stereocenters. The number of ether oxygens (including phenoxy) is 2. The highest BCUT2D eigenvalue weighted by Crippen LogP contribution is 2.28. The monoisotopic (exact) mass is 299 g/mol. The number of methoxy groups -OCH3 is 1. The maximum atomic E-state index is 6.23. The fourth-order valence-corrected chi connectivity index (χ4v) is 2.12. The maximum Gasteiger partial charge on any atom is 0.142 e. The third kappa shape index (κ3) is 6.60. The molecular formula is C16H26ClNO2. The van der Waals surface area contributed by atoms with Gasteiger partial charge < -0.3 is 14.8 Å². The lowest BCUT2D eigenvalue weighted by Gasteiger charge is -2.14. The molecular weight excluding hydrogens is 274 g/mol. The molecule has 0 spiro atoms. The predicted octanol–water partition coefficient (Wildman–Crippen LogP) is 3.89. The van der Waals surface area contributed by atoms with Crippen LogP contribution in [-0.4, -0.2) is 26.9 Å². The highest BCUT2D eigenvalue weighted by Gasteiger charge is 2.08. The van der Waals surface area contributed by atoms with E-state index in [9.17, 15) is 0 Å². The van der Waals surface area contributed by atoms with Crippen molar-refractivity contribution in [2.45, 2.75) is 33.2 Å². The van der Waals surface area contributed by atoms with Gasteiger partial charge in [0.2, 0.25) is 0 Å². The molecule has 0 aliphatic heterocycles. The Morgan fingerprint density at radius 2 is 1.95 bits per heavy atom. The van der Waals surface area contributed by atoms with Crippen LogP contribution in [0.2, 0.25) is 5.02 Å². The molecule has 0 aromatic heterocycles. The van der Waals surface area contributed by atoms with Gasteiger partial charge in [-0.1, -0.05) is 37.6 Å². The molecule has 3 nitrogen and oxygen atoms in total. The van der Waals surface area contributed by atoms with Crippen molar-refractivity contribution < 1.29 is 9.47 Å². The Morgan fingerprint density at radius 1 is 1.20 bits per heavy atom. The summed E-state index contributed by atoms with van der Waals surface area (Å²) >= 11 is 6.23. The molecule has 0 saturated carbocycles. The van der Waals surface area contributed by atoms with Crippen LogP contribution in [0.25, 0.3) is 0 Å². The van der Waals surface area contributed by atoms with Gasteiger partial charge in [-0.25, -0.2) is 0 Å². The van der Waals surface area contributed by atoms with Crippen LogP contribution in [0, 0.1) is 5.92 Å². The number of nitrogens with one attached hydrogen (secondary N) is 1. The van der Waals surface area contributed by atoms with Crippen molar-refractivity contribution in [1.82, 2.24) is 5.32 Å². The zero-order chi connectivity index (χ0) is 14.8. The standard InChI is InChI=1S/C16H26ClNO2/c1-13(2)11-18-12-14-7-6-8-15(17)16(14)20-10-5-4-9-19-3/h6-8,13,18H,4-5,9-12H2,1-3H3. The molecule has 0 bridgehead atoms. The molecule has 0 atom stereocenters. The molecule has 0 heterocycles. The number of para-hydroxylation sites is 1. The molecule has 4 heteroatoms. The molecule has 0 fully saturated rings. The quantitative estimate of drug-likeness (QED) is 0.665. The fourth-order valence-electron chi connectivity index (χ4n) is 1.87. The molecule has 0 amide bonds. The first-order valence-corrected chi connectivity index (χ1v) is 7.62. The van der Waals surface area contributed by atoms with E-state index < -0.39 is 0 Å². The summed E-state index contributed by atoms with van der Waals surface area (Å²) in [7, 11) is 1.72. The molecule has 20 heavy (non-hydrogen) atoms. The average Bonchev–Trinajstić information content (AvgIpc) is 2.40. The van der Waals surface area contributed by atoms with Gasteiger partial charge in [0.15, 0.2) is 0 Å². The van der Waals surface area contributed by atoms with Crippen LogP contribution in [0.15, 0.2) is 18.2 Å². The van der Waals surface area contributed by atoms with Crippen LogP contribution in [-0.2, 0) is 11.3 Å². The fraction of sp³-hybridized carbons (Fsp3) is 0.625. The van der Waals surface area contributed by atoms with Gasteiger partial charge in [-0.3, -0.25) is 0 Å². The number of benzene rings is 1. The average molecular weight is 300 g/mol. The molecule has 0 aliphatic rings. The second-order valence-corrected chi connectivity index (χ2v) is 5.71. The number of hydrogen-bond donors (Lipinski definition) is 1. The van der Waals surface area contributed by atoms with Crippen molar-refractivity contribution in [3.63, 3.8) is 0 Å². The van der Waals surface area contributed by atoms with Gasteiger partial charge in [-0.15, -0.1) is 0 Å². The third-order valence-corrected chi connectivity index (χ3v) is 3.20. The zero-order valence-corrected chi connectivity index (χ0v) is 13.5. The van der Waals surface area contributed by atoms with Crippen molar-refractivity contribution in [1.29, 1.82) is 0 Å². The predicted molar refractivity (Wildman–Crippen MR) is 84.6 cm³/mol. The molecule has 0 radical (unpaired) electrons. The Balaban J connectivity index is 2.49. The number of unbranched alkanes of at least 4 members (excludes halogenated alkanes) is 1. The molecule has 1 aromatic carbocycles. The van der Waals surface area contributed by atoms with Crippen molar-refractivity contribution in [3.8, 4) is 5.75 Å². The Labute approximate surface area is 127 Å². The number of rotatable bonds is 10. The summed E-state index contributed by atoms with van der Waals surface area (Å²) in [6.07, 6.45) is 1.97. The number of hydrogen-bond acceptors (Lipinski definition) is 3. The Morgan fingerprint density at radius 3 is 2.65 bits per heavy atom.